The number of aryl methyl sites for hydroxylation is 1. The zero-order valence-corrected chi connectivity index (χ0v) is 14.7. The quantitative estimate of drug-likeness (QED) is 0.595. The molecule has 2 aromatic heterocycles. The molecule has 1 aromatic carbocycles. The van der Waals surface area contributed by atoms with Crippen molar-refractivity contribution < 1.29 is 9.53 Å². The summed E-state index contributed by atoms with van der Waals surface area (Å²) >= 11 is 1.66. The van der Waals surface area contributed by atoms with E-state index < -0.39 is 0 Å². The fourth-order valence-corrected chi connectivity index (χ4v) is 3.03. The molecule has 6 heteroatoms. The lowest BCUT2D eigenvalue weighted by Gasteiger charge is -2.08. The topological polar surface area (TPSA) is 56.2 Å². The highest BCUT2D eigenvalue weighted by molar-refractivity contribution is 7.09. The number of unbranched alkanes of at least 4 members (excludes halogenated alkanes) is 1. The van der Waals surface area contributed by atoms with Crippen molar-refractivity contribution in [2.45, 2.75) is 26.0 Å². The van der Waals surface area contributed by atoms with E-state index in [-0.39, 0.29) is 5.91 Å². The van der Waals surface area contributed by atoms with Crippen molar-refractivity contribution in [3.05, 3.63) is 70.9 Å². The van der Waals surface area contributed by atoms with Gasteiger partial charge in [0.05, 0.1) is 6.33 Å². The number of rotatable bonds is 9. The molecular formula is C19H21N3O2S. The molecule has 0 saturated heterocycles. The number of imidazole rings is 1. The zero-order valence-electron chi connectivity index (χ0n) is 13.9. The van der Waals surface area contributed by atoms with E-state index in [1.165, 1.54) is 0 Å². The molecular weight excluding hydrogens is 334 g/mol. The van der Waals surface area contributed by atoms with Gasteiger partial charge >= 0.3 is 0 Å². The van der Waals surface area contributed by atoms with Crippen molar-refractivity contribution in [3.63, 3.8) is 0 Å². The van der Waals surface area contributed by atoms with E-state index in [0.29, 0.717) is 24.5 Å². The summed E-state index contributed by atoms with van der Waals surface area (Å²) in [6.07, 6.45) is 7.45. The van der Waals surface area contributed by atoms with Crippen molar-refractivity contribution in [1.82, 2.24) is 14.9 Å². The molecule has 1 amide bonds. The molecule has 0 aliphatic heterocycles. The van der Waals surface area contributed by atoms with Gasteiger partial charge in [0.1, 0.15) is 12.4 Å². The van der Waals surface area contributed by atoms with E-state index in [9.17, 15) is 4.79 Å². The number of hydrogen-bond donors (Lipinski definition) is 1. The van der Waals surface area contributed by atoms with Crippen molar-refractivity contribution in [2.75, 3.05) is 6.54 Å². The van der Waals surface area contributed by atoms with Crippen LogP contribution in [0.2, 0.25) is 0 Å². The Morgan fingerprint density at radius 2 is 2.20 bits per heavy atom. The van der Waals surface area contributed by atoms with Crippen LogP contribution in [-0.2, 0) is 13.2 Å². The van der Waals surface area contributed by atoms with E-state index in [4.69, 9.17) is 4.74 Å². The highest BCUT2D eigenvalue weighted by atomic mass is 32.1. The molecule has 0 spiro atoms. The summed E-state index contributed by atoms with van der Waals surface area (Å²) < 4.78 is 7.79. The van der Waals surface area contributed by atoms with Crippen molar-refractivity contribution in [1.29, 1.82) is 0 Å². The van der Waals surface area contributed by atoms with Crippen LogP contribution in [0.3, 0.4) is 0 Å². The SMILES string of the molecule is O=C(NCCCCn1ccnc1)c1cccc(OCc2cccs2)c1. The molecule has 0 unspecified atom stereocenters. The lowest BCUT2D eigenvalue weighted by molar-refractivity contribution is 0.0952. The second kappa shape index (κ2) is 9.03. The summed E-state index contributed by atoms with van der Waals surface area (Å²) in [4.78, 5) is 17.4. The van der Waals surface area contributed by atoms with E-state index in [0.717, 1.165) is 24.3 Å². The third-order valence-electron chi connectivity index (χ3n) is 3.75. The summed E-state index contributed by atoms with van der Waals surface area (Å²) in [7, 11) is 0. The molecule has 0 bridgehead atoms. The molecule has 3 aromatic rings. The first-order valence-corrected chi connectivity index (χ1v) is 9.18. The molecule has 0 atom stereocenters. The van der Waals surface area contributed by atoms with Gasteiger partial charge < -0.3 is 14.6 Å². The number of nitrogens with one attached hydrogen (secondary N) is 1. The number of thiophene rings is 1. The van der Waals surface area contributed by atoms with Crippen molar-refractivity contribution in [2.24, 2.45) is 0 Å². The first-order chi connectivity index (χ1) is 12.3. The normalized spacial score (nSPS) is 10.6. The summed E-state index contributed by atoms with van der Waals surface area (Å²) in [6.45, 7) is 2.10. The van der Waals surface area contributed by atoms with Crippen LogP contribution in [0, 0.1) is 0 Å². The lowest BCUT2D eigenvalue weighted by atomic mass is 10.2. The van der Waals surface area contributed by atoms with Crippen LogP contribution in [0.5, 0.6) is 5.75 Å². The molecule has 0 saturated carbocycles. The average molecular weight is 355 g/mol. The van der Waals surface area contributed by atoms with Crippen molar-refractivity contribution >= 4 is 17.2 Å². The Hall–Kier alpha value is -2.60. The minimum Gasteiger partial charge on any atom is -0.488 e. The molecule has 2 heterocycles. The summed E-state index contributed by atoms with van der Waals surface area (Å²) in [5.74, 6) is 0.644. The molecule has 0 fully saturated rings. The summed E-state index contributed by atoms with van der Waals surface area (Å²) in [5, 5.41) is 4.98. The lowest BCUT2D eigenvalue weighted by Crippen LogP contribution is -2.24. The summed E-state index contributed by atoms with van der Waals surface area (Å²) in [6, 6.07) is 11.3. The van der Waals surface area contributed by atoms with Crippen LogP contribution in [0.15, 0.2) is 60.5 Å². The van der Waals surface area contributed by atoms with E-state index in [2.05, 4.69) is 10.3 Å². The zero-order chi connectivity index (χ0) is 17.3. The van der Waals surface area contributed by atoms with E-state index >= 15 is 0 Å². The predicted molar refractivity (Wildman–Crippen MR) is 98.9 cm³/mol. The molecule has 0 aliphatic rings. The van der Waals surface area contributed by atoms with Crippen LogP contribution in [-0.4, -0.2) is 22.0 Å². The smallest absolute Gasteiger partial charge is 0.251 e. The second-order valence-corrected chi connectivity index (χ2v) is 6.69. The number of carbonyl (C=O) groups excluding carboxylic acids is 1. The largest absolute Gasteiger partial charge is 0.488 e. The molecule has 25 heavy (non-hydrogen) atoms. The first-order valence-electron chi connectivity index (χ1n) is 8.30. The second-order valence-electron chi connectivity index (χ2n) is 5.66. The van der Waals surface area contributed by atoms with E-state index in [1.54, 1.807) is 36.0 Å². The van der Waals surface area contributed by atoms with Gasteiger partial charge in [-0.2, -0.15) is 0 Å². The number of amides is 1. The maximum atomic E-state index is 12.2. The summed E-state index contributed by atoms with van der Waals surface area (Å²) in [5.41, 5.74) is 0.623. The Bertz CT molecular complexity index is 770. The highest BCUT2D eigenvalue weighted by Gasteiger charge is 2.06. The molecule has 130 valence electrons. The average Bonchev–Trinajstić information content (AvgIpc) is 3.33. The third-order valence-corrected chi connectivity index (χ3v) is 4.60. The Kier molecular flexibility index (Phi) is 6.23. The standard InChI is InChI=1S/C19H21N3O2S/c23-19(21-8-1-2-10-22-11-9-20-15-22)16-5-3-6-17(13-16)24-14-18-7-4-12-25-18/h3-7,9,11-13,15H,1-2,8,10,14H2,(H,21,23). The van der Waals surface area contributed by atoms with Gasteiger partial charge in [-0.15, -0.1) is 11.3 Å². The van der Waals surface area contributed by atoms with Gasteiger partial charge in [0.25, 0.3) is 5.91 Å². The Morgan fingerprint density at radius 3 is 3.00 bits per heavy atom. The molecule has 1 N–H and O–H groups in total. The number of carbonyl (C=O) groups is 1. The van der Waals surface area contributed by atoms with Crippen LogP contribution in [0.1, 0.15) is 28.1 Å². The number of benzene rings is 1. The third kappa shape index (κ3) is 5.46. The molecule has 0 aliphatic carbocycles. The Morgan fingerprint density at radius 1 is 1.24 bits per heavy atom. The van der Waals surface area contributed by atoms with Gasteiger partial charge in [0.15, 0.2) is 0 Å². The maximum absolute atomic E-state index is 12.2. The monoisotopic (exact) mass is 355 g/mol. The van der Waals surface area contributed by atoms with E-state index in [1.807, 2.05) is 40.4 Å². The van der Waals surface area contributed by atoms with Gasteiger partial charge in [-0.3, -0.25) is 4.79 Å². The van der Waals surface area contributed by atoms with Crippen LogP contribution in [0.4, 0.5) is 0 Å². The molecule has 3 rings (SSSR count). The Balaban J connectivity index is 1.41. The first kappa shape index (κ1) is 17.2. The number of hydrogen-bond acceptors (Lipinski definition) is 4. The highest BCUT2D eigenvalue weighted by Crippen LogP contribution is 2.17. The number of nitrogens with zero attached hydrogens (tertiary/aromatic N) is 2. The van der Waals surface area contributed by atoms with Gasteiger partial charge in [-0.25, -0.2) is 4.98 Å². The van der Waals surface area contributed by atoms with Gasteiger partial charge in [-0.1, -0.05) is 12.1 Å². The fraction of sp³-hybridized carbons (Fsp3) is 0.263. The van der Waals surface area contributed by atoms with Gasteiger partial charge in [-0.05, 0) is 42.5 Å². The van der Waals surface area contributed by atoms with Crippen LogP contribution >= 0.6 is 11.3 Å². The van der Waals surface area contributed by atoms with Crippen LogP contribution in [0.25, 0.3) is 0 Å². The van der Waals surface area contributed by atoms with Gasteiger partial charge in [0, 0.05) is 35.9 Å². The van der Waals surface area contributed by atoms with Crippen LogP contribution < -0.4 is 10.1 Å². The molecule has 5 nitrogen and oxygen atoms in total. The Labute approximate surface area is 151 Å². The fourth-order valence-electron chi connectivity index (χ4n) is 2.42. The minimum atomic E-state index is -0.0656. The number of ether oxygens (including phenoxy) is 1. The minimum absolute atomic E-state index is 0.0656. The maximum Gasteiger partial charge on any atom is 0.251 e. The van der Waals surface area contributed by atoms with Crippen molar-refractivity contribution in [3.8, 4) is 5.75 Å². The molecule has 0 radical (unpaired) electrons. The number of aromatic nitrogens is 2. The van der Waals surface area contributed by atoms with Gasteiger partial charge in [0.2, 0.25) is 0 Å². The predicted octanol–water partition coefficient (Wildman–Crippen LogP) is 3.73.